The van der Waals surface area contributed by atoms with Crippen molar-refractivity contribution in [1.29, 1.82) is 0 Å². The van der Waals surface area contributed by atoms with Gasteiger partial charge in [-0.05, 0) is 36.8 Å². The van der Waals surface area contributed by atoms with Crippen molar-refractivity contribution in [3.05, 3.63) is 71.4 Å². The highest BCUT2D eigenvalue weighted by Crippen LogP contribution is 2.31. The number of nitrogens with zero attached hydrogens (tertiary/aromatic N) is 4. The Balaban J connectivity index is 1.59. The third kappa shape index (κ3) is 4.20. The smallest absolute Gasteiger partial charge is 0.382 e. The van der Waals surface area contributed by atoms with Crippen molar-refractivity contribution in [1.82, 2.24) is 19.7 Å². The molecular formula is C21H16F4N6O2. The lowest BCUT2D eigenvalue weighted by Gasteiger charge is -2.15. The molecule has 0 radical (unpaired) electrons. The standard InChI is InChI=1S/C21H16F4N6O2/c1-10-16-17(19(26)28-9-27-16)31(30-10)13-5-6-15(14(22)8-13)29-20(33)18(32)11-3-2-4-12(7-11)21(23,24)25/h2-9,18,32H,1H3,(H,29,33)(H2,26,27,28)/t18-/m1/s1. The van der Waals surface area contributed by atoms with E-state index >= 15 is 0 Å². The molecule has 4 N–H and O–H groups in total. The maximum atomic E-state index is 14.7. The van der Waals surface area contributed by atoms with Gasteiger partial charge in [0.15, 0.2) is 11.9 Å². The molecule has 33 heavy (non-hydrogen) atoms. The Bertz CT molecular complexity index is 1370. The van der Waals surface area contributed by atoms with Crippen LogP contribution in [0.25, 0.3) is 16.7 Å². The Labute approximate surface area is 183 Å². The number of nitrogen functional groups attached to an aromatic ring is 1. The number of anilines is 2. The van der Waals surface area contributed by atoms with Crippen molar-refractivity contribution >= 4 is 28.4 Å². The molecule has 170 valence electrons. The lowest BCUT2D eigenvalue weighted by Crippen LogP contribution is -2.22. The van der Waals surface area contributed by atoms with E-state index < -0.39 is 29.6 Å². The van der Waals surface area contributed by atoms with E-state index in [-0.39, 0.29) is 22.8 Å². The van der Waals surface area contributed by atoms with Gasteiger partial charge >= 0.3 is 6.18 Å². The van der Waals surface area contributed by atoms with E-state index in [1.54, 1.807) is 6.92 Å². The lowest BCUT2D eigenvalue weighted by atomic mass is 10.0. The number of hydrogen-bond donors (Lipinski definition) is 3. The van der Waals surface area contributed by atoms with Crippen LogP contribution in [0.4, 0.5) is 29.1 Å². The maximum absolute atomic E-state index is 14.7. The number of halogens is 4. The number of rotatable bonds is 4. The third-order valence-electron chi connectivity index (χ3n) is 4.89. The largest absolute Gasteiger partial charge is 0.416 e. The second-order valence-electron chi connectivity index (χ2n) is 7.13. The number of aliphatic hydroxyl groups excluding tert-OH is 1. The number of carbonyl (C=O) groups excluding carboxylic acids is 1. The number of fused-ring (bicyclic) bond motifs is 1. The Morgan fingerprint density at radius 3 is 2.64 bits per heavy atom. The van der Waals surface area contributed by atoms with Crippen molar-refractivity contribution < 1.29 is 27.5 Å². The summed E-state index contributed by atoms with van der Waals surface area (Å²) in [6, 6.07) is 7.43. The molecule has 0 bridgehead atoms. The van der Waals surface area contributed by atoms with Gasteiger partial charge in [0.05, 0.1) is 22.6 Å². The molecule has 2 heterocycles. The second kappa shape index (κ2) is 8.13. The van der Waals surface area contributed by atoms with Gasteiger partial charge in [-0.2, -0.15) is 18.3 Å². The van der Waals surface area contributed by atoms with Gasteiger partial charge in [-0.3, -0.25) is 4.79 Å². The van der Waals surface area contributed by atoms with E-state index in [2.05, 4.69) is 20.4 Å². The summed E-state index contributed by atoms with van der Waals surface area (Å²) in [5.74, 6) is -1.82. The minimum absolute atomic E-state index is 0.141. The summed E-state index contributed by atoms with van der Waals surface area (Å²) in [7, 11) is 0. The van der Waals surface area contributed by atoms with Gasteiger partial charge in [0.1, 0.15) is 23.2 Å². The lowest BCUT2D eigenvalue weighted by molar-refractivity contribution is -0.138. The first-order chi connectivity index (χ1) is 15.6. The summed E-state index contributed by atoms with van der Waals surface area (Å²) in [6.45, 7) is 1.70. The SMILES string of the molecule is Cc1nn(-c2ccc(NC(=O)[C@H](O)c3cccc(C(F)(F)F)c3)c(F)c2)c2c(N)ncnc12. The first-order valence-electron chi connectivity index (χ1n) is 9.48. The van der Waals surface area contributed by atoms with Gasteiger partial charge in [0.25, 0.3) is 5.91 Å². The molecule has 0 saturated heterocycles. The highest BCUT2D eigenvalue weighted by atomic mass is 19.4. The number of alkyl halides is 3. The van der Waals surface area contributed by atoms with Crippen molar-refractivity contribution in [2.45, 2.75) is 19.2 Å². The molecule has 2 aromatic heterocycles. The van der Waals surface area contributed by atoms with Crippen molar-refractivity contribution in [2.75, 3.05) is 11.1 Å². The molecule has 0 aliphatic carbocycles. The summed E-state index contributed by atoms with van der Waals surface area (Å²) in [6.07, 6.45) is -5.30. The molecule has 0 aliphatic rings. The number of aliphatic hydroxyl groups is 1. The second-order valence-corrected chi connectivity index (χ2v) is 7.13. The van der Waals surface area contributed by atoms with Crippen LogP contribution >= 0.6 is 0 Å². The van der Waals surface area contributed by atoms with Crippen molar-refractivity contribution in [2.24, 2.45) is 0 Å². The molecule has 0 aliphatic heterocycles. The van der Waals surface area contributed by atoms with Crippen LogP contribution in [0.1, 0.15) is 22.9 Å². The zero-order chi connectivity index (χ0) is 23.9. The van der Waals surface area contributed by atoms with Gasteiger partial charge in [-0.1, -0.05) is 12.1 Å². The Morgan fingerprint density at radius 1 is 1.18 bits per heavy atom. The minimum atomic E-state index is -4.64. The first-order valence-corrected chi connectivity index (χ1v) is 9.48. The van der Waals surface area contributed by atoms with Gasteiger partial charge in [-0.25, -0.2) is 19.0 Å². The van der Waals surface area contributed by atoms with E-state index in [0.29, 0.717) is 22.8 Å². The molecule has 1 atom stereocenters. The number of benzene rings is 2. The zero-order valence-electron chi connectivity index (χ0n) is 16.9. The third-order valence-corrected chi connectivity index (χ3v) is 4.89. The van der Waals surface area contributed by atoms with Crippen LogP contribution in [0.15, 0.2) is 48.8 Å². The fourth-order valence-electron chi connectivity index (χ4n) is 3.27. The molecule has 0 unspecified atom stereocenters. The van der Waals surface area contributed by atoms with Gasteiger partial charge in [0, 0.05) is 6.07 Å². The van der Waals surface area contributed by atoms with Gasteiger partial charge in [0.2, 0.25) is 0 Å². The Kier molecular flexibility index (Phi) is 5.46. The number of nitrogens with two attached hydrogens (primary N) is 1. The van der Waals surface area contributed by atoms with Crippen LogP contribution in [0, 0.1) is 12.7 Å². The molecular weight excluding hydrogens is 444 g/mol. The minimum Gasteiger partial charge on any atom is -0.382 e. The molecule has 8 nitrogen and oxygen atoms in total. The molecule has 0 fully saturated rings. The summed E-state index contributed by atoms with van der Waals surface area (Å²) in [5, 5.41) is 16.6. The molecule has 1 amide bonds. The maximum Gasteiger partial charge on any atom is 0.416 e. The van der Waals surface area contributed by atoms with Crippen molar-refractivity contribution in [3.8, 4) is 5.69 Å². The fourth-order valence-corrected chi connectivity index (χ4v) is 3.27. The van der Waals surface area contributed by atoms with Crippen LogP contribution < -0.4 is 11.1 Å². The van der Waals surface area contributed by atoms with Crippen LogP contribution in [0.5, 0.6) is 0 Å². The predicted molar refractivity (Wildman–Crippen MR) is 111 cm³/mol. The average molecular weight is 460 g/mol. The highest BCUT2D eigenvalue weighted by molar-refractivity contribution is 5.95. The summed E-state index contributed by atoms with van der Waals surface area (Å²) in [4.78, 5) is 20.4. The normalized spacial score (nSPS) is 12.7. The molecule has 4 aromatic rings. The predicted octanol–water partition coefficient (Wildman–Crippen LogP) is 3.54. The molecule has 2 aromatic carbocycles. The number of carbonyl (C=O) groups is 1. The number of hydrogen-bond acceptors (Lipinski definition) is 6. The van der Waals surface area contributed by atoms with E-state index in [4.69, 9.17) is 5.73 Å². The molecule has 4 rings (SSSR count). The van der Waals surface area contributed by atoms with Gasteiger partial charge in [-0.15, -0.1) is 0 Å². The first kappa shape index (κ1) is 22.1. The van der Waals surface area contributed by atoms with Gasteiger partial charge < -0.3 is 16.2 Å². The molecule has 0 spiro atoms. The highest BCUT2D eigenvalue weighted by Gasteiger charge is 2.31. The monoisotopic (exact) mass is 460 g/mol. The van der Waals surface area contributed by atoms with E-state index in [0.717, 1.165) is 24.3 Å². The number of aromatic nitrogens is 4. The summed E-state index contributed by atoms with van der Waals surface area (Å²) < 4.78 is 54.7. The quantitative estimate of drug-likeness (QED) is 0.401. The van der Waals surface area contributed by atoms with E-state index in [1.165, 1.54) is 23.1 Å². The molecule has 12 heteroatoms. The van der Waals surface area contributed by atoms with Crippen LogP contribution in [-0.2, 0) is 11.0 Å². The zero-order valence-corrected chi connectivity index (χ0v) is 16.9. The van der Waals surface area contributed by atoms with E-state index in [1.807, 2.05) is 0 Å². The molecule has 0 saturated carbocycles. The number of aryl methyl sites for hydroxylation is 1. The van der Waals surface area contributed by atoms with Crippen LogP contribution in [0.2, 0.25) is 0 Å². The Morgan fingerprint density at radius 2 is 1.94 bits per heavy atom. The number of nitrogens with one attached hydrogen (secondary N) is 1. The van der Waals surface area contributed by atoms with Crippen LogP contribution in [-0.4, -0.2) is 30.8 Å². The van der Waals surface area contributed by atoms with Crippen molar-refractivity contribution in [3.63, 3.8) is 0 Å². The van der Waals surface area contributed by atoms with Crippen LogP contribution in [0.3, 0.4) is 0 Å². The summed E-state index contributed by atoms with van der Waals surface area (Å²) >= 11 is 0. The Hall–Kier alpha value is -4.06. The van der Waals surface area contributed by atoms with E-state index in [9.17, 15) is 27.5 Å². The summed E-state index contributed by atoms with van der Waals surface area (Å²) in [5.41, 5.74) is 6.00. The number of amides is 1. The topological polar surface area (TPSA) is 119 Å². The fraction of sp³-hybridized carbons (Fsp3) is 0.143. The average Bonchev–Trinajstić information content (AvgIpc) is 3.12.